The van der Waals surface area contributed by atoms with Crippen LogP contribution in [0, 0.1) is 0 Å². The van der Waals surface area contributed by atoms with Crippen molar-refractivity contribution in [2.45, 2.75) is 13.0 Å². The molecule has 4 N–H and O–H groups in total. The first-order valence-corrected chi connectivity index (χ1v) is 4.49. The molecule has 0 spiro atoms. The van der Waals surface area contributed by atoms with Crippen molar-refractivity contribution in [2.24, 2.45) is 0 Å². The Hall–Kier alpha value is -1.75. The molecule has 0 heterocycles. The molecule has 0 aliphatic rings. The fourth-order valence-electron chi connectivity index (χ4n) is 1.05. The number of benzene rings is 1. The molecule has 0 aliphatic heterocycles. The predicted octanol–water partition coefficient (Wildman–Crippen LogP) is 0.208. The van der Waals surface area contributed by atoms with E-state index in [0.717, 1.165) is 0 Å². The smallest absolute Gasteiger partial charge is 0.255 e. The van der Waals surface area contributed by atoms with Gasteiger partial charge in [0.05, 0.1) is 11.7 Å². The quantitative estimate of drug-likeness (QED) is 0.538. The van der Waals surface area contributed by atoms with Crippen molar-refractivity contribution in [3.05, 3.63) is 23.8 Å². The summed E-state index contributed by atoms with van der Waals surface area (Å²) in [4.78, 5) is 11.4. The van der Waals surface area contributed by atoms with Crippen LogP contribution in [0.4, 0.5) is 0 Å². The largest absolute Gasteiger partial charge is 0.504 e. The molecule has 0 fully saturated rings. The lowest BCUT2D eigenvalue weighted by Gasteiger charge is -2.08. The molecule has 0 radical (unpaired) electrons. The first kappa shape index (κ1) is 11.3. The molecule has 0 saturated heterocycles. The van der Waals surface area contributed by atoms with E-state index in [1.807, 2.05) is 0 Å². The molecular formula is C10H13NO4. The van der Waals surface area contributed by atoms with Gasteiger partial charge in [0.2, 0.25) is 0 Å². The minimum atomic E-state index is -0.659. The van der Waals surface area contributed by atoms with Crippen LogP contribution in [0.1, 0.15) is 17.3 Å². The molecule has 1 aromatic carbocycles. The molecule has 1 amide bonds. The number of carbonyl (C=O) groups is 1. The number of nitrogens with one attached hydrogen (secondary N) is 1. The van der Waals surface area contributed by atoms with Crippen molar-refractivity contribution < 1.29 is 20.1 Å². The van der Waals surface area contributed by atoms with Crippen LogP contribution in [0.15, 0.2) is 18.2 Å². The van der Waals surface area contributed by atoms with E-state index < -0.39 is 17.8 Å². The fraction of sp³-hybridized carbons (Fsp3) is 0.300. The molecule has 1 aromatic rings. The summed E-state index contributed by atoms with van der Waals surface area (Å²) in [7, 11) is 0. The van der Waals surface area contributed by atoms with E-state index in [0.29, 0.717) is 0 Å². The van der Waals surface area contributed by atoms with Crippen LogP contribution in [0.2, 0.25) is 0 Å². The number of aliphatic hydroxyl groups is 1. The Morgan fingerprint density at radius 3 is 2.73 bits per heavy atom. The second-order valence-electron chi connectivity index (χ2n) is 3.23. The van der Waals surface area contributed by atoms with Crippen molar-refractivity contribution in [3.63, 3.8) is 0 Å². The topological polar surface area (TPSA) is 89.8 Å². The van der Waals surface area contributed by atoms with Crippen molar-refractivity contribution in [3.8, 4) is 11.5 Å². The van der Waals surface area contributed by atoms with E-state index >= 15 is 0 Å². The molecule has 0 unspecified atom stereocenters. The Morgan fingerprint density at radius 2 is 2.13 bits per heavy atom. The summed E-state index contributed by atoms with van der Waals surface area (Å²) in [6, 6.07) is 4.11. The third-order valence-electron chi connectivity index (χ3n) is 1.82. The van der Waals surface area contributed by atoms with E-state index in [2.05, 4.69) is 5.32 Å². The minimum Gasteiger partial charge on any atom is -0.504 e. The summed E-state index contributed by atoms with van der Waals surface area (Å²) in [6.07, 6.45) is -0.659. The van der Waals surface area contributed by atoms with Crippen LogP contribution >= 0.6 is 0 Å². The second kappa shape index (κ2) is 4.65. The minimum absolute atomic E-state index is 0.0179. The molecule has 0 aliphatic carbocycles. The van der Waals surface area contributed by atoms with Crippen molar-refractivity contribution in [1.82, 2.24) is 5.32 Å². The SMILES string of the molecule is C[C@H](O)CNC(=O)c1cccc(O)c1O. The lowest BCUT2D eigenvalue weighted by Crippen LogP contribution is -2.30. The molecule has 0 bridgehead atoms. The predicted molar refractivity (Wildman–Crippen MR) is 53.8 cm³/mol. The fourth-order valence-corrected chi connectivity index (χ4v) is 1.05. The Morgan fingerprint density at radius 1 is 1.47 bits per heavy atom. The summed E-state index contributed by atoms with van der Waals surface area (Å²) in [6.45, 7) is 1.62. The van der Waals surface area contributed by atoms with E-state index in [9.17, 15) is 9.90 Å². The number of hydrogen-bond donors (Lipinski definition) is 4. The maximum atomic E-state index is 11.4. The summed E-state index contributed by atoms with van der Waals surface area (Å²) in [5.41, 5.74) is -0.0179. The summed E-state index contributed by atoms with van der Waals surface area (Å²) in [5, 5.41) is 29.9. The molecular weight excluding hydrogens is 198 g/mol. The summed E-state index contributed by atoms with van der Waals surface area (Å²) in [5.74, 6) is -1.34. The lowest BCUT2D eigenvalue weighted by molar-refractivity contribution is 0.0920. The van der Waals surface area contributed by atoms with Gasteiger partial charge in [-0.15, -0.1) is 0 Å². The van der Waals surface area contributed by atoms with Crippen LogP contribution in [0.25, 0.3) is 0 Å². The van der Waals surface area contributed by atoms with Gasteiger partial charge in [-0.25, -0.2) is 0 Å². The Kier molecular flexibility index (Phi) is 3.51. The highest BCUT2D eigenvalue weighted by atomic mass is 16.3. The summed E-state index contributed by atoms with van der Waals surface area (Å²) < 4.78 is 0. The molecule has 0 saturated carbocycles. The van der Waals surface area contributed by atoms with Crippen LogP contribution in [0.5, 0.6) is 11.5 Å². The average Bonchev–Trinajstić information content (AvgIpc) is 2.18. The van der Waals surface area contributed by atoms with E-state index in [1.54, 1.807) is 0 Å². The number of amides is 1. The van der Waals surface area contributed by atoms with Crippen LogP contribution in [0.3, 0.4) is 0 Å². The maximum Gasteiger partial charge on any atom is 0.255 e. The molecule has 5 heteroatoms. The number of aliphatic hydroxyl groups excluding tert-OH is 1. The standard InChI is InChI=1S/C10H13NO4/c1-6(12)5-11-10(15)7-3-2-4-8(13)9(7)14/h2-4,6,12-14H,5H2,1H3,(H,11,15)/t6-/m0/s1. The van der Waals surface area contributed by atoms with Crippen molar-refractivity contribution in [1.29, 1.82) is 0 Å². The monoisotopic (exact) mass is 211 g/mol. The number of hydrogen-bond acceptors (Lipinski definition) is 4. The van der Waals surface area contributed by atoms with Gasteiger partial charge < -0.3 is 20.6 Å². The maximum absolute atomic E-state index is 11.4. The van der Waals surface area contributed by atoms with Gasteiger partial charge in [0.1, 0.15) is 0 Å². The van der Waals surface area contributed by atoms with Crippen LogP contribution in [-0.4, -0.2) is 33.9 Å². The average molecular weight is 211 g/mol. The highest BCUT2D eigenvalue weighted by Gasteiger charge is 2.13. The van der Waals surface area contributed by atoms with Crippen molar-refractivity contribution >= 4 is 5.91 Å². The Labute approximate surface area is 87.0 Å². The molecule has 1 atom stereocenters. The van der Waals surface area contributed by atoms with Crippen LogP contribution < -0.4 is 5.32 Å². The Balaban J connectivity index is 2.78. The van der Waals surface area contributed by atoms with E-state index in [-0.39, 0.29) is 17.9 Å². The third-order valence-corrected chi connectivity index (χ3v) is 1.82. The van der Waals surface area contributed by atoms with E-state index in [1.165, 1.54) is 25.1 Å². The number of phenolic OH excluding ortho intramolecular Hbond substituents is 2. The van der Waals surface area contributed by atoms with Gasteiger partial charge in [0.15, 0.2) is 11.5 Å². The van der Waals surface area contributed by atoms with Gasteiger partial charge in [-0.1, -0.05) is 6.07 Å². The highest BCUT2D eigenvalue weighted by Crippen LogP contribution is 2.27. The number of carbonyl (C=O) groups excluding carboxylic acids is 1. The number of para-hydroxylation sites is 1. The zero-order valence-electron chi connectivity index (χ0n) is 8.27. The van der Waals surface area contributed by atoms with Gasteiger partial charge in [-0.2, -0.15) is 0 Å². The molecule has 0 aromatic heterocycles. The zero-order chi connectivity index (χ0) is 11.4. The number of phenols is 2. The first-order valence-electron chi connectivity index (χ1n) is 4.49. The molecule has 15 heavy (non-hydrogen) atoms. The van der Waals surface area contributed by atoms with Gasteiger partial charge in [-0.05, 0) is 19.1 Å². The number of aromatic hydroxyl groups is 2. The highest BCUT2D eigenvalue weighted by molar-refractivity contribution is 5.97. The molecule has 82 valence electrons. The summed E-state index contributed by atoms with van der Waals surface area (Å²) >= 11 is 0. The van der Waals surface area contributed by atoms with Gasteiger partial charge in [0.25, 0.3) is 5.91 Å². The Bertz CT molecular complexity index is 362. The molecule has 1 rings (SSSR count). The van der Waals surface area contributed by atoms with E-state index in [4.69, 9.17) is 10.2 Å². The van der Waals surface area contributed by atoms with Gasteiger partial charge in [0, 0.05) is 6.54 Å². The lowest BCUT2D eigenvalue weighted by atomic mass is 10.1. The molecule has 5 nitrogen and oxygen atoms in total. The van der Waals surface area contributed by atoms with Crippen LogP contribution in [-0.2, 0) is 0 Å². The van der Waals surface area contributed by atoms with Gasteiger partial charge in [-0.3, -0.25) is 4.79 Å². The van der Waals surface area contributed by atoms with Crippen molar-refractivity contribution in [2.75, 3.05) is 6.54 Å². The van der Waals surface area contributed by atoms with Gasteiger partial charge >= 0.3 is 0 Å². The number of rotatable bonds is 3. The third kappa shape index (κ3) is 2.85. The normalized spacial score (nSPS) is 12.1. The first-order chi connectivity index (χ1) is 7.02. The zero-order valence-corrected chi connectivity index (χ0v) is 8.27. The second-order valence-corrected chi connectivity index (χ2v) is 3.23.